The Morgan fingerprint density at radius 3 is 2.57 bits per heavy atom. The summed E-state index contributed by atoms with van der Waals surface area (Å²) in [6, 6.07) is -2.42. The molecule has 0 spiro atoms. The van der Waals surface area contributed by atoms with E-state index < -0.39 is 30.2 Å². The van der Waals surface area contributed by atoms with Gasteiger partial charge in [-0.1, -0.05) is 0 Å². The van der Waals surface area contributed by atoms with E-state index in [9.17, 15) is 19.5 Å². The molecule has 2 aliphatic heterocycles. The van der Waals surface area contributed by atoms with Gasteiger partial charge in [-0.3, -0.25) is 4.79 Å². The number of urea groups is 1. The van der Waals surface area contributed by atoms with E-state index in [-0.39, 0.29) is 38.6 Å². The summed E-state index contributed by atoms with van der Waals surface area (Å²) >= 11 is 0. The van der Waals surface area contributed by atoms with Crippen LogP contribution in [0.2, 0.25) is 0 Å². The first kappa shape index (κ1) is 15.5. The first-order chi connectivity index (χ1) is 9.95. The number of amides is 3. The van der Waals surface area contributed by atoms with Gasteiger partial charge in [0.25, 0.3) is 0 Å². The molecule has 3 N–H and O–H groups in total. The fraction of sp³-hybridized carbons (Fsp3) is 0.750. The predicted octanol–water partition coefficient (Wildman–Crippen LogP) is -1.93. The van der Waals surface area contributed by atoms with Crippen molar-refractivity contribution in [3.05, 3.63) is 0 Å². The first-order valence-corrected chi connectivity index (χ1v) is 6.73. The Labute approximate surface area is 121 Å². The molecule has 0 bridgehead atoms. The number of β-amino-alcohol motifs (C(OH)–C–C–N with tert-alkyl or cyclic N) is 1. The van der Waals surface area contributed by atoms with Crippen molar-refractivity contribution in [2.75, 3.05) is 33.4 Å². The Morgan fingerprint density at radius 2 is 1.95 bits per heavy atom. The Hall–Kier alpha value is -1.87. The Balaban J connectivity index is 2.16. The highest BCUT2D eigenvalue weighted by molar-refractivity contribution is 5.89. The Morgan fingerprint density at radius 1 is 1.24 bits per heavy atom. The number of likely N-dealkylation sites (tertiary alicyclic amines) is 1. The van der Waals surface area contributed by atoms with Crippen molar-refractivity contribution in [1.29, 1.82) is 0 Å². The fourth-order valence-electron chi connectivity index (χ4n) is 2.64. The topological polar surface area (TPSA) is 119 Å². The molecular weight excluding hydrogens is 282 g/mol. The minimum Gasteiger partial charge on any atom is -0.480 e. The number of hydrogen-bond acceptors (Lipinski definition) is 5. The van der Waals surface area contributed by atoms with Crippen molar-refractivity contribution in [3.63, 3.8) is 0 Å². The van der Waals surface area contributed by atoms with E-state index in [0.29, 0.717) is 0 Å². The molecule has 21 heavy (non-hydrogen) atoms. The molecule has 0 radical (unpaired) electrons. The van der Waals surface area contributed by atoms with Gasteiger partial charge in [-0.25, -0.2) is 9.59 Å². The van der Waals surface area contributed by atoms with Crippen LogP contribution in [0.5, 0.6) is 0 Å². The fourth-order valence-corrected chi connectivity index (χ4v) is 2.64. The standard InChI is InChI=1S/C12H19N3O6/c1-13-10(17)9-6-21-3-2-14(9)12(20)15-5-7(16)4-8(15)11(18)19/h7-9,16H,2-6H2,1H3,(H,13,17)(H,18,19)/t7-,8+,9?/m1/s1. The van der Waals surface area contributed by atoms with Crippen LogP contribution in [0, 0.1) is 0 Å². The van der Waals surface area contributed by atoms with Gasteiger partial charge in [-0.15, -0.1) is 0 Å². The largest absolute Gasteiger partial charge is 0.480 e. The average Bonchev–Trinajstić information content (AvgIpc) is 2.88. The van der Waals surface area contributed by atoms with Gasteiger partial charge in [0.05, 0.1) is 19.3 Å². The number of carbonyl (C=O) groups excluding carboxylic acids is 2. The van der Waals surface area contributed by atoms with Crippen molar-refractivity contribution < 1.29 is 29.3 Å². The van der Waals surface area contributed by atoms with E-state index in [0.717, 1.165) is 4.90 Å². The number of rotatable bonds is 2. The quantitative estimate of drug-likeness (QED) is 0.546. The molecule has 118 valence electrons. The molecule has 2 saturated heterocycles. The predicted molar refractivity (Wildman–Crippen MR) is 69.5 cm³/mol. The van der Waals surface area contributed by atoms with E-state index in [4.69, 9.17) is 9.84 Å². The average molecular weight is 301 g/mol. The summed E-state index contributed by atoms with van der Waals surface area (Å²) in [6.07, 6.45) is -0.870. The van der Waals surface area contributed by atoms with Crippen LogP contribution in [-0.4, -0.2) is 89.5 Å². The monoisotopic (exact) mass is 301 g/mol. The summed E-state index contributed by atoms with van der Waals surface area (Å²) in [7, 11) is 1.46. The van der Waals surface area contributed by atoms with Gasteiger partial charge < -0.3 is 30.1 Å². The van der Waals surface area contributed by atoms with Crippen molar-refractivity contribution in [2.24, 2.45) is 0 Å². The molecule has 2 aliphatic rings. The smallest absolute Gasteiger partial charge is 0.326 e. The molecule has 1 unspecified atom stereocenters. The summed E-state index contributed by atoms with van der Waals surface area (Å²) in [6.45, 7) is 0.510. The van der Waals surface area contributed by atoms with Crippen LogP contribution < -0.4 is 5.32 Å². The second-order valence-electron chi connectivity index (χ2n) is 5.08. The van der Waals surface area contributed by atoms with Crippen LogP contribution in [0.25, 0.3) is 0 Å². The van der Waals surface area contributed by atoms with Crippen LogP contribution in [-0.2, 0) is 14.3 Å². The highest BCUT2D eigenvalue weighted by atomic mass is 16.5. The van der Waals surface area contributed by atoms with Crippen LogP contribution in [0.15, 0.2) is 0 Å². The lowest BCUT2D eigenvalue weighted by molar-refractivity contribution is -0.141. The van der Waals surface area contributed by atoms with E-state index in [2.05, 4.69) is 5.32 Å². The molecule has 0 aliphatic carbocycles. The third kappa shape index (κ3) is 3.08. The minimum atomic E-state index is -1.16. The molecule has 0 aromatic heterocycles. The number of hydrogen-bond donors (Lipinski definition) is 3. The van der Waals surface area contributed by atoms with Gasteiger partial charge in [0.15, 0.2) is 0 Å². The summed E-state index contributed by atoms with van der Waals surface area (Å²) in [5.41, 5.74) is 0. The molecule has 9 heteroatoms. The lowest BCUT2D eigenvalue weighted by Gasteiger charge is -2.37. The zero-order valence-electron chi connectivity index (χ0n) is 11.7. The number of carboxylic acids is 1. The summed E-state index contributed by atoms with van der Waals surface area (Å²) in [5.74, 6) is -1.53. The second-order valence-corrected chi connectivity index (χ2v) is 5.08. The number of likely N-dealkylation sites (N-methyl/N-ethyl adjacent to an activating group) is 1. The van der Waals surface area contributed by atoms with Gasteiger partial charge in [0, 0.05) is 26.6 Å². The molecule has 3 atom stereocenters. The van der Waals surface area contributed by atoms with E-state index in [1.807, 2.05) is 0 Å². The summed E-state index contributed by atoms with van der Waals surface area (Å²) in [4.78, 5) is 37.9. The number of carbonyl (C=O) groups is 3. The molecule has 2 rings (SSSR count). The van der Waals surface area contributed by atoms with Gasteiger partial charge in [-0.05, 0) is 0 Å². The van der Waals surface area contributed by atoms with Gasteiger partial charge in [0.1, 0.15) is 12.1 Å². The molecule has 0 saturated carbocycles. The third-order valence-corrected chi connectivity index (χ3v) is 3.73. The van der Waals surface area contributed by atoms with E-state index >= 15 is 0 Å². The number of aliphatic carboxylic acids is 1. The van der Waals surface area contributed by atoms with Crippen molar-refractivity contribution in [1.82, 2.24) is 15.1 Å². The highest BCUT2D eigenvalue weighted by Gasteiger charge is 2.43. The lowest BCUT2D eigenvalue weighted by atomic mass is 10.2. The molecule has 0 aromatic rings. The van der Waals surface area contributed by atoms with Crippen LogP contribution in [0.1, 0.15) is 6.42 Å². The summed E-state index contributed by atoms with van der Waals surface area (Å²) in [5, 5.41) is 21.2. The van der Waals surface area contributed by atoms with Gasteiger partial charge in [0.2, 0.25) is 5.91 Å². The maximum Gasteiger partial charge on any atom is 0.326 e. The number of aliphatic hydroxyl groups excluding tert-OH is 1. The van der Waals surface area contributed by atoms with Crippen LogP contribution in [0.3, 0.4) is 0 Å². The zero-order valence-corrected chi connectivity index (χ0v) is 11.7. The number of aliphatic hydroxyl groups is 1. The van der Waals surface area contributed by atoms with Gasteiger partial charge in [-0.2, -0.15) is 0 Å². The first-order valence-electron chi connectivity index (χ1n) is 6.73. The van der Waals surface area contributed by atoms with Gasteiger partial charge >= 0.3 is 12.0 Å². The molecule has 2 fully saturated rings. The second kappa shape index (κ2) is 6.27. The lowest BCUT2D eigenvalue weighted by Crippen LogP contribution is -2.59. The van der Waals surface area contributed by atoms with E-state index in [1.54, 1.807) is 0 Å². The molecular formula is C12H19N3O6. The minimum absolute atomic E-state index is 0.00391. The number of carboxylic acid groups (broad SMARTS) is 1. The van der Waals surface area contributed by atoms with Crippen LogP contribution >= 0.6 is 0 Å². The number of nitrogens with one attached hydrogen (secondary N) is 1. The number of ether oxygens (including phenoxy) is 1. The molecule has 9 nitrogen and oxygen atoms in total. The Kier molecular flexibility index (Phi) is 4.63. The number of morpholine rings is 1. The zero-order chi connectivity index (χ0) is 15.6. The molecule has 0 aromatic carbocycles. The van der Waals surface area contributed by atoms with E-state index in [1.165, 1.54) is 11.9 Å². The summed E-state index contributed by atoms with van der Waals surface area (Å²) < 4.78 is 5.20. The van der Waals surface area contributed by atoms with Crippen molar-refractivity contribution >= 4 is 17.9 Å². The SMILES string of the molecule is CNC(=O)C1COCCN1C(=O)N1C[C@H](O)C[C@H]1C(=O)O. The van der Waals surface area contributed by atoms with Crippen molar-refractivity contribution in [2.45, 2.75) is 24.6 Å². The third-order valence-electron chi connectivity index (χ3n) is 3.73. The maximum absolute atomic E-state index is 12.5. The highest BCUT2D eigenvalue weighted by Crippen LogP contribution is 2.22. The maximum atomic E-state index is 12.5. The number of nitrogens with zero attached hydrogens (tertiary/aromatic N) is 2. The molecule has 2 heterocycles. The normalized spacial score (nSPS) is 29.3. The Bertz CT molecular complexity index is 443. The van der Waals surface area contributed by atoms with Crippen LogP contribution in [0.4, 0.5) is 4.79 Å². The van der Waals surface area contributed by atoms with Crippen molar-refractivity contribution in [3.8, 4) is 0 Å². The molecule has 3 amide bonds.